The number of anilines is 2. The Bertz CT molecular complexity index is 2620. The second-order valence-corrected chi connectivity index (χ2v) is 13.6. The van der Waals surface area contributed by atoms with Gasteiger partial charge in [-0.15, -0.1) is 0 Å². The number of ether oxygens (including phenoxy) is 1. The number of nitrogens with zero attached hydrogens (tertiary/aromatic N) is 9. The van der Waals surface area contributed by atoms with Crippen LogP contribution in [0.5, 0.6) is 0 Å². The van der Waals surface area contributed by atoms with Gasteiger partial charge in [0.15, 0.2) is 11.5 Å². The van der Waals surface area contributed by atoms with Crippen molar-refractivity contribution < 1.29 is 36.3 Å². The van der Waals surface area contributed by atoms with Gasteiger partial charge in [-0.2, -0.15) is 28.5 Å². The quantitative estimate of drug-likeness (QED) is 0.124. The number of morpholine rings is 1. The highest BCUT2D eigenvalue weighted by molar-refractivity contribution is 6.11. The number of hydrogen-bond donors (Lipinski definition) is 3. The Morgan fingerprint density at radius 3 is 1.97 bits per heavy atom. The molecule has 0 saturated carbocycles. The smallest absolute Gasteiger partial charge is 0.408 e. The molecule has 0 radical (unpaired) electrons. The number of furan rings is 2. The lowest BCUT2D eigenvalue weighted by molar-refractivity contribution is -0.142. The lowest BCUT2D eigenvalue weighted by Gasteiger charge is -2.26. The molecule has 0 aromatic carbocycles. The van der Waals surface area contributed by atoms with Gasteiger partial charge in [0, 0.05) is 62.4 Å². The third-order valence-electron chi connectivity index (χ3n) is 9.30. The van der Waals surface area contributed by atoms with Gasteiger partial charge in [0.1, 0.15) is 29.5 Å². The zero-order valence-electron chi connectivity index (χ0n) is 32.2. The highest BCUT2D eigenvalue weighted by Crippen LogP contribution is 2.29. The number of aromatic nitrogens is 8. The van der Waals surface area contributed by atoms with Gasteiger partial charge in [-0.3, -0.25) is 43.9 Å². The molecular weight excluding hydrogens is 798 g/mol. The summed E-state index contributed by atoms with van der Waals surface area (Å²) >= 11 is 0. The van der Waals surface area contributed by atoms with Gasteiger partial charge in [0.2, 0.25) is 0 Å². The number of nitrogens with one attached hydrogen (secondary N) is 3. The Labute approximate surface area is 345 Å². The van der Waals surface area contributed by atoms with Gasteiger partial charge >= 0.3 is 6.18 Å². The number of aromatic amines is 1. The average Bonchev–Trinajstić information content (AvgIpc) is 4.12. The summed E-state index contributed by atoms with van der Waals surface area (Å²) in [7, 11) is 0. The fourth-order valence-electron chi connectivity index (χ4n) is 6.36. The van der Waals surface area contributed by atoms with Crippen LogP contribution in [0.1, 0.15) is 26.9 Å². The lowest BCUT2D eigenvalue weighted by Crippen LogP contribution is -2.38. The summed E-state index contributed by atoms with van der Waals surface area (Å²) in [6.07, 6.45) is 8.51. The molecule has 3 N–H and O–H groups in total. The molecule has 2 amide bonds. The third kappa shape index (κ3) is 10.2. The predicted molar refractivity (Wildman–Crippen MR) is 216 cm³/mol. The summed E-state index contributed by atoms with van der Waals surface area (Å²) in [5, 5.41) is 20.6. The van der Waals surface area contributed by atoms with Crippen LogP contribution in [0, 0.1) is 0 Å². The van der Waals surface area contributed by atoms with Crippen LogP contribution >= 0.6 is 0 Å². The number of allylic oxidation sites excluding steroid dienone is 1. The Morgan fingerprint density at radius 2 is 1.39 bits per heavy atom. The van der Waals surface area contributed by atoms with Crippen LogP contribution in [-0.4, -0.2) is 108 Å². The van der Waals surface area contributed by atoms with E-state index in [2.05, 4.69) is 45.8 Å². The maximum Gasteiger partial charge on any atom is 0.408 e. The monoisotopic (exact) mass is 834 g/mol. The number of carbonyl (C=O) groups is 2. The molecule has 7 aromatic rings. The molecule has 9 heterocycles. The van der Waals surface area contributed by atoms with E-state index in [0.717, 1.165) is 44.6 Å². The van der Waals surface area contributed by atoms with E-state index in [1.807, 2.05) is 35.2 Å². The summed E-state index contributed by atoms with van der Waals surface area (Å²) in [5.41, 5.74) is 3.96. The number of hydrogen-bond acceptors (Lipinski definition) is 12. The van der Waals surface area contributed by atoms with Crippen LogP contribution in [0.25, 0.3) is 39.7 Å². The van der Waals surface area contributed by atoms with Crippen molar-refractivity contribution in [3.63, 3.8) is 0 Å². The molecular formula is C41H37F3N12O5. The second-order valence-electron chi connectivity index (χ2n) is 13.6. The van der Waals surface area contributed by atoms with E-state index in [0.29, 0.717) is 57.6 Å². The van der Waals surface area contributed by atoms with E-state index in [9.17, 15) is 22.8 Å². The van der Waals surface area contributed by atoms with Gasteiger partial charge in [-0.1, -0.05) is 18.2 Å². The van der Waals surface area contributed by atoms with E-state index in [-0.39, 0.29) is 28.8 Å². The molecule has 20 heteroatoms. The average molecular weight is 835 g/mol. The van der Waals surface area contributed by atoms with Crippen molar-refractivity contribution in [3.8, 4) is 34.1 Å². The minimum atomic E-state index is -4.46. The number of halogens is 3. The fraction of sp³-hybridized carbons (Fsp3) is 0.220. The standard InChI is InChI=1S/C23H24N6O3.C18H13F3N6O2/c30-23(21-5-4-20(32-21)17-6-8-24-15-17)26-19-16-29(10-9-28-11-13-31-14-12-28)27-22(19)18-3-1-2-7-25-18;19-18(20,21)10-27-9-13(16(26-27)12-3-1-2-6-22-12)25-17(28)15-5-4-14(29-15)11-7-23-24-8-11/h1-7,15-16H,8-14H2,(H,26,30);1-9H,10H2,(H,23,24)(H,25,28). The van der Waals surface area contributed by atoms with Gasteiger partial charge in [0.25, 0.3) is 11.8 Å². The van der Waals surface area contributed by atoms with Crippen LogP contribution in [0.4, 0.5) is 24.5 Å². The highest BCUT2D eigenvalue weighted by Gasteiger charge is 2.30. The largest absolute Gasteiger partial charge is 0.451 e. The van der Waals surface area contributed by atoms with E-state index in [4.69, 9.17) is 18.7 Å². The van der Waals surface area contributed by atoms with Crippen molar-refractivity contribution in [3.05, 3.63) is 121 Å². The van der Waals surface area contributed by atoms with Crippen molar-refractivity contribution >= 4 is 35.0 Å². The van der Waals surface area contributed by atoms with E-state index in [1.54, 1.807) is 55.0 Å². The molecule has 0 aliphatic carbocycles. The summed E-state index contributed by atoms with van der Waals surface area (Å²) in [4.78, 5) is 40.5. The number of pyridine rings is 2. The molecule has 1 fully saturated rings. The molecule has 0 unspecified atom stereocenters. The lowest BCUT2D eigenvalue weighted by atomic mass is 10.2. The van der Waals surface area contributed by atoms with Gasteiger partial charge in [-0.05, 0) is 48.5 Å². The molecule has 9 rings (SSSR count). The minimum Gasteiger partial charge on any atom is -0.451 e. The number of H-pyrrole nitrogens is 1. The van der Waals surface area contributed by atoms with Crippen molar-refractivity contribution in [2.24, 2.45) is 4.99 Å². The molecule has 61 heavy (non-hydrogen) atoms. The van der Waals surface area contributed by atoms with Crippen LogP contribution in [0.15, 0.2) is 118 Å². The van der Waals surface area contributed by atoms with Crippen LogP contribution < -0.4 is 10.6 Å². The van der Waals surface area contributed by atoms with Crippen molar-refractivity contribution in [2.75, 3.05) is 50.0 Å². The highest BCUT2D eigenvalue weighted by atomic mass is 19.4. The first-order chi connectivity index (χ1) is 29.6. The molecule has 2 aliphatic heterocycles. The first-order valence-electron chi connectivity index (χ1n) is 19.0. The molecule has 312 valence electrons. The first-order valence-corrected chi connectivity index (χ1v) is 19.0. The first kappa shape index (κ1) is 40.3. The van der Waals surface area contributed by atoms with E-state index >= 15 is 0 Å². The number of aliphatic imine (C=N–C) groups is 1. The summed E-state index contributed by atoms with van der Waals surface area (Å²) in [6, 6.07) is 17.0. The van der Waals surface area contributed by atoms with Crippen LogP contribution in [-0.2, 0) is 17.8 Å². The van der Waals surface area contributed by atoms with Crippen molar-refractivity contribution in [2.45, 2.75) is 19.3 Å². The van der Waals surface area contributed by atoms with Gasteiger partial charge < -0.3 is 24.2 Å². The molecule has 0 bridgehead atoms. The second kappa shape index (κ2) is 18.2. The van der Waals surface area contributed by atoms with Crippen molar-refractivity contribution in [1.82, 2.24) is 44.6 Å². The molecule has 1 saturated heterocycles. The SMILES string of the molecule is O=C(Nc1cn(CC(F)(F)F)nc1-c1ccccn1)c1ccc(-c2cn[nH]c2)o1.O=C(Nc1cn(CCN2CCOCC2)nc1-c1ccccn1)c1ccc(C2=CCN=C2)o1. The number of alkyl halides is 3. The number of rotatable bonds is 12. The Balaban J connectivity index is 0.000000169. The summed E-state index contributed by atoms with van der Waals surface area (Å²) in [5.74, 6) is 0.287. The Morgan fingerprint density at radius 1 is 0.770 bits per heavy atom. The van der Waals surface area contributed by atoms with Crippen molar-refractivity contribution in [1.29, 1.82) is 0 Å². The fourth-order valence-corrected chi connectivity index (χ4v) is 6.36. The maximum atomic E-state index is 12.9. The minimum absolute atomic E-state index is 0.0169. The molecule has 2 aliphatic rings. The van der Waals surface area contributed by atoms with E-state index < -0.39 is 18.6 Å². The predicted octanol–water partition coefficient (Wildman–Crippen LogP) is 6.33. The molecule has 0 atom stereocenters. The molecule has 17 nitrogen and oxygen atoms in total. The molecule has 7 aromatic heterocycles. The zero-order chi connectivity index (χ0) is 42.2. The van der Waals surface area contributed by atoms with Gasteiger partial charge in [-0.25, -0.2) is 0 Å². The maximum absolute atomic E-state index is 12.9. The normalized spacial score (nSPS) is 14.0. The zero-order valence-corrected chi connectivity index (χ0v) is 32.2. The summed E-state index contributed by atoms with van der Waals surface area (Å²) in [6.45, 7) is 4.25. The summed E-state index contributed by atoms with van der Waals surface area (Å²) < 4.78 is 57.5. The number of amides is 2. The topological polar surface area (TPSA) is 199 Å². The van der Waals surface area contributed by atoms with Crippen LogP contribution in [0.2, 0.25) is 0 Å². The van der Waals surface area contributed by atoms with Crippen LogP contribution in [0.3, 0.4) is 0 Å². The van der Waals surface area contributed by atoms with Gasteiger partial charge in [0.05, 0.1) is 60.8 Å². The third-order valence-corrected chi connectivity index (χ3v) is 9.30. The Hall–Kier alpha value is -7.45. The van der Waals surface area contributed by atoms with E-state index in [1.165, 1.54) is 18.5 Å². The molecule has 0 spiro atoms. The number of carbonyl (C=O) groups excluding carboxylic acids is 2. The Kier molecular flexibility index (Phi) is 12.0.